The van der Waals surface area contributed by atoms with Crippen LogP contribution in [0.5, 0.6) is 5.75 Å². The third-order valence-corrected chi connectivity index (χ3v) is 4.13. The highest BCUT2D eigenvalue weighted by atomic mass is 32.1. The SMILES string of the molecule is CCCCOc1ccc(C2=NC(=Cc3cccs3)C(=O)O2)cc1. The first-order chi connectivity index (χ1) is 11.3. The highest BCUT2D eigenvalue weighted by Gasteiger charge is 2.24. The Hall–Kier alpha value is -2.40. The van der Waals surface area contributed by atoms with Crippen LogP contribution in [0.4, 0.5) is 0 Å². The summed E-state index contributed by atoms with van der Waals surface area (Å²) in [6, 6.07) is 11.3. The molecule has 3 rings (SSSR count). The first-order valence-corrected chi connectivity index (χ1v) is 8.43. The second kappa shape index (κ2) is 7.24. The zero-order chi connectivity index (χ0) is 16.1. The minimum atomic E-state index is -0.420. The lowest BCUT2D eigenvalue weighted by molar-refractivity contribution is -0.129. The fraction of sp³-hybridized carbons (Fsp3) is 0.222. The van der Waals surface area contributed by atoms with E-state index in [2.05, 4.69) is 11.9 Å². The van der Waals surface area contributed by atoms with Gasteiger partial charge in [0.05, 0.1) is 6.61 Å². The van der Waals surface area contributed by atoms with Gasteiger partial charge >= 0.3 is 5.97 Å². The van der Waals surface area contributed by atoms with Crippen molar-refractivity contribution in [1.82, 2.24) is 0 Å². The summed E-state index contributed by atoms with van der Waals surface area (Å²) in [4.78, 5) is 17.2. The van der Waals surface area contributed by atoms with Crippen molar-refractivity contribution in [3.63, 3.8) is 0 Å². The van der Waals surface area contributed by atoms with Crippen molar-refractivity contribution in [2.75, 3.05) is 6.61 Å². The van der Waals surface area contributed by atoms with Crippen LogP contribution in [0, 0.1) is 0 Å². The molecular weight excluding hydrogens is 310 g/mol. The van der Waals surface area contributed by atoms with Crippen LogP contribution in [-0.4, -0.2) is 18.5 Å². The number of carbonyl (C=O) groups excluding carboxylic acids is 1. The van der Waals surface area contributed by atoms with Crippen molar-refractivity contribution < 1.29 is 14.3 Å². The van der Waals surface area contributed by atoms with E-state index >= 15 is 0 Å². The lowest BCUT2D eigenvalue weighted by atomic mass is 10.2. The zero-order valence-corrected chi connectivity index (χ0v) is 13.6. The van der Waals surface area contributed by atoms with Crippen molar-refractivity contribution in [1.29, 1.82) is 0 Å². The number of benzene rings is 1. The van der Waals surface area contributed by atoms with E-state index in [-0.39, 0.29) is 0 Å². The fourth-order valence-corrected chi connectivity index (χ4v) is 2.72. The smallest absolute Gasteiger partial charge is 0.363 e. The number of rotatable bonds is 6. The van der Waals surface area contributed by atoms with Gasteiger partial charge in [0, 0.05) is 10.4 Å². The van der Waals surface area contributed by atoms with Crippen molar-refractivity contribution >= 4 is 29.3 Å². The van der Waals surface area contributed by atoms with Crippen molar-refractivity contribution in [3.8, 4) is 5.75 Å². The van der Waals surface area contributed by atoms with Gasteiger partial charge < -0.3 is 9.47 Å². The first kappa shape index (κ1) is 15.5. The number of carbonyl (C=O) groups is 1. The second-order valence-electron chi connectivity index (χ2n) is 5.08. The Bertz CT molecular complexity index is 730. The molecule has 1 aliphatic heterocycles. The molecule has 0 unspecified atom stereocenters. The van der Waals surface area contributed by atoms with E-state index in [0.717, 1.165) is 29.0 Å². The summed E-state index contributed by atoms with van der Waals surface area (Å²) in [5, 5.41) is 1.95. The van der Waals surface area contributed by atoms with E-state index in [1.807, 2.05) is 41.8 Å². The van der Waals surface area contributed by atoms with Gasteiger partial charge in [0.2, 0.25) is 5.90 Å². The molecule has 1 aromatic heterocycles. The molecule has 2 aromatic rings. The number of hydrogen-bond acceptors (Lipinski definition) is 5. The Balaban J connectivity index is 1.73. The molecule has 5 heteroatoms. The van der Waals surface area contributed by atoms with E-state index in [1.165, 1.54) is 0 Å². The summed E-state index contributed by atoms with van der Waals surface area (Å²) in [7, 11) is 0. The maximum absolute atomic E-state index is 11.9. The van der Waals surface area contributed by atoms with Gasteiger partial charge in [0.1, 0.15) is 5.75 Å². The van der Waals surface area contributed by atoms with E-state index in [4.69, 9.17) is 9.47 Å². The molecule has 0 aliphatic carbocycles. The number of nitrogens with zero attached hydrogens (tertiary/aromatic N) is 1. The van der Waals surface area contributed by atoms with E-state index in [9.17, 15) is 4.79 Å². The van der Waals surface area contributed by atoms with Gasteiger partial charge in [-0.15, -0.1) is 11.3 Å². The number of hydrogen-bond donors (Lipinski definition) is 0. The number of thiophene rings is 1. The van der Waals surface area contributed by atoms with Crippen molar-refractivity contribution in [2.45, 2.75) is 19.8 Å². The van der Waals surface area contributed by atoms with Crippen molar-refractivity contribution in [3.05, 3.63) is 57.9 Å². The van der Waals surface area contributed by atoms with Gasteiger partial charge in [0.25, 0.3) is 0 Å². The normalized spacial score (nSPS) is 15.6. The summed E-state index contributed by atoms with van der Waals surface area (Å²) in [5.41, 5.74) is 1.08. The number of aliphatic imine (C=N–C) groups is 1. The Morgan fingerprint density at radius 1 is 1.26 bits per heavy atom. The topological polar surface area (TPSA) is 47.9 Å². The molecule has 0 bridgehead atoms. The average molecular weight is 327 g/mol. The van der Waals surface area contributed by atoms with Gasteiger partial charge in [0.15, 0.2) is 5.70 Å². The van der Waals surface area contributed by atoms with Crippen molar-refractivity contribution in [2.24, 2.45) is 4.99 Å². The number of cyclic esters (lactones) is 1. The molecule has 4 nitrogen and oxygen atoms in total. The van der Waals surface area contributed by atoms with Crippen LogP contribution >= 0.6 is 11.3 Å². The van der Waals surface area contributed by atoms with Crippen LogP contribution in [0.3, 0.4) is 0 Å². The molecule has 1 aromatic carbocycles. The summed E-state index contributed by atoms with van der Waals surface area (Å²) >= 11 is 1.55. The molecule has 0 amide bonds. The zero-order valence-electron chi connectivity index (χ0n) is 12.8. The quantitative estimate of drug-likeness (QED) is 0.452. The molecule has 0 spiro atoms. The van der Waals surface area contributed by atoms with Crippen LogP contribution < -0.4 is 4.74 Å². The predicted molar refractivity (Wildman–Crippen MR) is 91.8 cm³/mol. The third-order valence-electron chi connectivity index (χ3n) is 3.31. The lowest BCUT2D eigenvalue weighted by Crippen LogP contribution is -2.05. The second-order valence-corrected chi connectivity index (χ2v) is 6.06. The van der Waals surface area contributed by atoms with Gasteiger partial charge in [-0.25, -0.2) is 9.79 Å². The molecule has 0 fully saturated rings. The molecule has 118 valence electrons. The summed E-state index contributed by atoms with van der Waals surface area (Å²) < 4.78 is 10.9. The minimum absolute atomic E-state index is 0.325. The Morgan fingerprint density at radius 2 is 2.09 bits per heavy atom. The maximum Gasteiger partial charge on any atom is 0.363 e. The monoisotopic (exact) mass is 327 g/mol. The average Bonchev–Trinajstić information content (AvgIpc) is 3.19. The summed E-state index contributed by atoms with van der Waals surface area (Å²) in [6.45, 7) is 2.83. The molecule has 1 aliphatic rings. The summed E-state index contributed by atoms with van der Waals surface area (Å²) in [5.74, 6) is 0.719. The van der Waals surface area contributed by atoms with Gasteiger partial charge in [-0.2, -0.15) is 0 Å². The number of unbranched alkanes of at least 4 members (excludes halogenated alkanes) is 1. The van der Waals surface area contributed by atoms with Crippen LogP contribution in [0.2, 0.25) is 0 Å². The lowest BCUT2D eigenvalue weighted by Gasteiger charge is -2.05. The fourth-order valence-electron chi connectivity index (χ4n) is 2.07. The standard InChI is InChI=1S/C18H17NO3S/c1-2-3-10-21-14-8-6-13(7-9-14)17-19-16(18(20)22-17)12-15-5-4-11-23-15/h4-9,11-12H,2-3,10H2,1H3. The van der Waals surface area contributed by atoms with E-state index in [1.54, 1.807) is 17.4 Å². The molecule has 2 heterocycles. The van der Waals surface area contributed by atoms with Crippen LogP contribution in [0.1, 0.15) is 30.2 Å². The van der Waals surface area contributed by atoms with Crippen LogP contribution in [0.25, 0.3) is 6.08 Å². The van der Waals surface area contributed by atoms with E-state index < -0.39 is 5.97 Å². The Kier molecular flexibility index (Phi) is 4.88. The highest BCUT2D eigenvalue weighted by Crippen LogP contribution is 2.22. The minimum Gasteiger partial charge on any atom is -0.494 e. The van der Waals surface area contributed by atoms with Crippen LogP contribution in [0.15, 0.2) is 52.5 Å². The van der Waals surface area contributed by atoms with E-state index in [0.29, 0.717) is 18.2 Å². The van der Waals surface area contributed by atoms with Gasteiger partial charge in [-0.05, 0) is 48.2 Å². The van der Waals surface area contributed by atoms with Gasteiger partial charge in [-0.1, -0.05) is 19.4 Å². The molecule has 0 radical (unpaired) electrons. The van der Waals surface area contributed by atoms with Crippen LogP contribution in [-0.2, 0) is 9.53 Å². The summed E-state index contributed by atoms with van der Waals surface area (Å²) in [6.07, 6.45) is 3.87. The molecule has 0 N–H and O–H groups in total. The predicted octanol–water partition coefficient (Wildman–Crippen LogP) is 4.27. The molecular formula is C18H17NO3S. The third kappa shape index (κ3) is 3.87. The Morgan fingerprint density at radius 3 is 2.78 bits per heavy atom. The molecule has 0 saturated heterocycles. The molecule has 0 saturated carbocycles. The first-order valence-electron chi connectivity index (χ1n) is 7.55. The highest BCUT2D eigenvalue weighted by molar-refractivity contribution is 7.10. The number of ether oxygens (including phenoxy) is 2. The molecule has 0 atom stereocenters. The maximum atomic E-state index is 11.9. The number of esters is 1. The van der Waals surface area contributed by atoms with Gasteiger partial charge in [-0.3, -0.25) is 0 Å². The largest absolute Gasteiger partial charge is 0.494 e. The molecule has 23 heavy (non-hydrogen) atoms. The Labute approximate surface area is 139 Å².